The van der Waals surface area contributed by atoms with Crippen LogP contribution in [0.15, 0.2) is 65.8 Å². The molecule has 9 N–H and O–H groups in total. The second-order valence-electron chi connectivity index (χ2n) is 20.7. The van der Waals surface area contributed by atoms with Gasteiger partial charge in [0.1, 0.15) is 29.5 Å². The molecule has 2 unspecified atom stereocenters. The van der Waals surface area contributed by atoms with Gasteiger partial charge >= 0.3 is 24.5 Å². The number of nitrogens with zero attached hydrogens (tertiary/aromatic N) is 4. The molecule has 4 amide bonds. The van der Waals surface area contributed by atoms with E-state index < -0.39 is 115 Å². The van der Waals surface area contributed by atoms with Crippen LogP contribution in [0.2, 0.25) is 0 Å². The number of pyridine rings is 1. The molecule has 6 rings (SSSR count). The van der Waals surface area contributed by atoms with Crippen LogP contribution >= 0.6 is 0 Å². The molecule has 3 aliphatic heterocycles. The lowest BCUT2D eigenvalue weighted by atomic mass is 9.82. The van der Waals surface area contributed by atoms with Crippen LogP contribution in [0.3, 0.4) is 0 Å². The summed E-state index contributed by atoms with van der Waals surface area (Å²) in [5.41, 5.74) is 6.49. The van der Waals surface area contributed by atoms with Crippen LogP contribution in [-0.4, -0.2) is 160 Å². The van der Waals surface area contributed by atoms with Crippen LogP contribution in [0.4, 0.5) is 59.3 Å². The summed E-state index contributed by atoms with van der Waals surface area (Å²) >= 11 is 0. The van der Waals surface area contributed by atoms with Gasteiger partial charge in [0.25, 0.3) is 6.43 Å². The average Bonchev–Trinajstić information content (AvgIpc) is 3.95. The van der Waals surface area contributed by atoms with E-state index in [2.05, 4.69) is 46.7 Å². The van der Waals surface area contributed by atoms with Crippen molar-refractivity contribution < 1.29 is 83.8 Å². The molecule has 1 aromatic heterocycles. The molecule has 3 aromatic rings. The van der Waals surface area contributed by atoms with Gasteiger partial charge in [0.05, 0.1) is 63.0 Å². The monoisotopic (exact) mass is 1170 g/mol. The van der Waals surface area contributed by atoms with E-state index in [1.54, 1.807) is 35.8 Å². The number of nitrogens with two attached hydrogens (primary N) is 2. The summed E-state index contributed by atoms with van der Waals surface area (Å²) in [5.74, 6) is 2.45. The number of benzene rings is 2. The SMILES string of the molecule is COC(=O)N[C@H](C(=O)N[C@@H](Cc1ccc(C#Cc2ccc(N3CC4CCC(C3)N4C3COC3)nc2)cc1)[C@@H](O)CNCc1c(F)cc(C(N)=CC=NCC(F)F)cc1F)C(C)(C)C(F)(F)F.COC(=O)N[C@H](C(N)=O)C(C)(C)C(F)(F)F.[HH]. The average molecular weight is 1180 g/mol. The van der Waals surface area contributed by atoms with Crippen LogP contribution < -0.4 is 37.6 Å². The third kappa shape index (κ3) is 17.2. The van der Waals surface area contributed by atoms with Gasteiger partial charge < -0.3 is 57.0 Å². The number of primary amides is 1. The zero-order valence-electron chi connectivity index (χ0n) is 45.6. The third-order valence-electron chi connectivity index (χ3n) is 14.3. The van der Waals surface area contributed by atoms with Gasteiger partial charge in [-0.1, -0.05) is 24.0 Å². The lowest BCUT2D eigenvalue weighted by Crippen LogP contribution is -2.62. The largest absolute Gasteiger partial charge is 0.453 e. The first-order valence-corrected chi connectivity index (χ1v) is 25.6. The molecule has 0 saturated carbocycles. The Morgan fingerprint density at radius 3 is 1.85 bits per heavy atom. The predicted octanol–water partition coefficient (Wildman–Crippen LogP) is 5.97. The molecule has 18 nitrogen and oxygen atoms in total. The minimum Gasteiger partial charge on any atom is -0.453 e. The molecular weight excluding hydrogens is 1110 g/mol. The summed E-state index contributed by atoms with van der Waals surface area (Å²) in [6.45, 7) is 4.69. The van der Waals surface area contributed by atoms with Crippen molar-refractivity contribution in [3.05, 3.63) is 100 Å². The Hall–Kier alpha value is -7.22. The molecule has 2 bridgehead atoms. The lowest BCUT2D eigenvalue weighted by Gasteiger charge is -2.47. The van der Waals surface area contributed by atoms with E-state index in [1.807, 2.05) is 17.4 Å². The highest BCUT2D eigenvalue weighted by Gasteiger charge is 2.57. The number of hydrogen-bond acceptors (Lipinski definition) is 14. The van der Waals surface area contributed by atoms with Gasteiger partial charge in [-0.25, -0.2) is 32.1 Å². The van der Waals surface area contributed by atoms with E-state index in [1.165, 1.54) is 0 Å². The fourth-order valence-electron chi connectivity index (χ4n) is 9.09. The van der Waals surface area contributed by atoms with Gasteiger partial charge in [-0.2, -0.15) is 26.3 Å². The minimum absolute atomic E-state index is 0. The smallest absolute Gasteiger partial charge is 0.407 e. The summed E-state index contributed by atoms with van der Waals surface area (Å²) < 4.78 is 149. The van der Waals surface area contributed by atoms with Crippen molar-refractivity contribution in [2.45, 2.75) is 115 Å². The Labute approximate surface area is 468 Å². The molecule has 0 spiro atoms. The maximum absolute atomic E-state index is 15.1. The predicted molar refractivity (Wildman–Crippen MR) is 283 cm³/mol. The standard InChI is InChI=1S/C46H53F7N8O5.C8H13F3N2O3.H2/c1-45(2,46(51,52)53)42(59-44(64)65-3)43(63)58-38(39(62)21-56-20-34-35(47)17-30(18-36(34)48)37(54)14-15-55-22-40(49)50)16-28-7-4-27(5-8-28)6-9-29-10-13-41(57-19-29)60-23-31-11-12-32(24-60)61(31)33-25-66-26-33;1-7(2,8(9,10)11)4(5(12)14)13-6(15)16-3;/h4-5,7-8,10,13-15,17-19,31-33,38-40,42,56,62H,11-12,16,20-26,54H2,1-3H3,(H,58,63)(H,59,64);4H,1-3H3,(H2,12,14)(H,13,15);1H/t31?,32?,38-,39-,42+;4-;/m01./s1. The number of allylic oxidation sites excluding steroid dienone is 1. The van der Waals surface area contributed by atoms with E-state index in [0.29, 0.717) is 34.8 Å². The lowest BCUT2D eigenvalue weighted by molar-refractivity contribution is -0.220. The summed E-state index contributed by atoms with van der Waals surface area (Å²) in [6, 6.07) is 8.49. The second-order valence-corrected chi connectivity index (χ2v) is 20.7. The Morgan fingerprint density at radius 2 is 1.37 bits per heavy atom. The molecule has 2 aromatic carbocycles. The summed E-state index contributed by atoms with van der Waals surface area (Å²) in [4.78, 5) is 60.6. The number of amides is 4. The van der Waals surface area contributed by atoms with Crippen molar-refractivity contribution in [3.8, 4) is 11.8 Å². The Balaban J connectivity index is 0.000000757. The number of halogens is 10. The van der Waals surface area contributed by atoms with Crippen molar-refractivity contribution in [1.82, 2.24) is 31.2 Å². The highest BCUT2D eigenvalue weighted by molar-refractivity contribution is 5.87. The maximum atomic E-state index is 15.1. The van der Waals surface area contributed by atoms with Crippen LogP contribution in [0, 0.1) is 34.3 Å². The quantitative estimate of drug-likeness (QED) is 0.0392. The number of hydrogen-bond donors (Lipinski definition) is 7. The molecular formula is C54H68F10N10O8. The van der Waals surface area contributed by atoms with Gasteiger partial charge in [-0.15, -0.1) is 0 Å². The number of alkyl halides is 8. The van der Waals surface area contributed by atoms with Gasteiger partial charge in [0.15, 0.2) is 0 Å². The van der Waals surface area contributed by atoms with E-state index >= 15 is 8.78 Å². The molecule has 0 radical (unpaired) electrons. The van der Waals surface area contributed by atoms with Gasteiger partial charge in [-0.05, 0) is 95.0 Å². The molecule has 28 heteroatoms. The van der Waals surface area contributed by atoms with Crippen LogP contribution in [-0.2, 0) is 36.8 Å². The number of ether oxygens (including phenoxy) is 3. The molecule has 6 atom stereocenters. The second kappa shape index (κ2) is 28.2. The highest BCUT2D eigenvalue weighted by atomic mass is 19.4. The molecule has 0 aliphatic carbocycles. The number of rotatable bonds is 20. The van der Waals surface area contributed by atoms with Crippen LogP contribution in [0.1, 0.15) is 69.8 Å². The number of methoxy groups -OCH3 is 2. The van der Waals surface area contributed by atoms with Gasteiger partial charge in [0, 0.05) is 80.1 Å². The number of anilines is 1. The first kappa shape index (κ1) is 65.6. The topological polar surface area (TPSA) is 248 Å². The number of alkyl carbamates (subject to hydrolysis) is 2. The van der Waals surface area contributed by atoms with Gasteiger partial charge in [-0.3, -0.25) is 19.5 Å². The number of aliphatic hydroxyl groups excluding tert-OH is 1. The summed E-state index contributed by atoms with van der Waals surface area (Å²) in [6.07, 6.45) is -10.4. The van der Waals surface area contributed by atoms with Crippen LogP contribution in [0.5, 0.6) is 0 Å². The number of aliphatic imine (C=N–C) groups is 1. The van der Waals surface area contributed by atoms with Crippen molar-refractivity contribution in [2.24, 2.45) is 27.3 Å². The first-order valence-electron chi connectivity index (χ1n) is 25.6. The number of aliphatic hydroxyl groups is 1. The van der Waals surface area contributed by atoms with E-state index in [4.69, 9.17) is 21.2 Å². The summed E-state index contributed by atoms with van der Waals surface area (Å²) in [7, 11) is 1.89. The molecule has 452 valence electrons. The Kier molecular flexibility index (Phi) is 22.5. The Morgan fingerprint density at radius 1 is 0.829 bits per heavy atom. The van der Waals surface area contributed by atoms with Gasteiger partial charge in [0.2, 0.25) is 11.8 Å². The summed E-state index contributed by atoms with van der Waals surface area (Å²) in [5, 5.41) is 20.2. The first-order chi connectivity index (χ1) is 38.4. The van der Waals surface area contributed by atoms with Crippen molar-refractivity contribution in [2.75, 3.05) is 58.5 Å². The van der Waals surface area contributed by atoms with Crippen molar-refractivity contribution >= 4 is 41.7 Å². The molecule has 3 aliphatic rings. The maximum Gasteiger partial charge on any atom is 0.407 e. The molecule has 4 heterocycles. The number of nitrogens with one attached hydrogen (secondary N) is 4. The molecule has 82 heavy (non-hydrogen) atoms. The number of carbonyl (C=O) groups is 4. The van der Waals surface area contributed by atoms with E-state index in [0.717, 1.165) is 111 Å². The zero-order valence-corrected chi connectivity index (χ0v) is 45.6. The van der Waals surface area contributed by atoms with Crippen LogP contribution in [0.25, 0.3) is 5.70 Å². The minimum atomic E-state index is -4.98. The fourth-order valence-corrected chi connectivity index (χ4v) is 9.09. The number of aromatic nitrogens is 1. The third-order valence-corrected chi connectivity index (χ3v) is 14.3. The number of fused-ring (bicyclic) bond motifs is 2. The number of carbonyl (C=O) groups excluding carboxylic acids is 4. The van der Waals surface area contributed by atoms with Crippen molar-refractivity contribution in [3.63, 3.8) is 0 Å². The van der Waals surface area contributed by atoms with E-state index in [9.17, 15) is 59.4 Å². The zero-order chi connectivity index (χ0) is 60.9. The van der Waals surface area contributed by atoms with Crippen molar-refractivity contribution in [1.29, 1.82) is 0 Å². The van der Waals surface area contributed by atoms with E-state index in [-0.39, 0.29) is 19.1 Å². The molecule has 3 saturated heterocycles. The number of piperazine rings is 1. The normalized spacial score (nSPS) is 18.5. The Bertz CT molecular complexity index is 2780. The fraction of sp³-hybridized carbons (Fsp3) is 0.519. The highest BCUT2D eigenvalue weighted by Crippen LogP contribution is 2.42. The molecule has 3 fully saturated rings.